The van der Waals surface area contributed by atoms with Crippen molar-refractivity contribution in [2.45, 2.75) is 71.2 Å². The van der Waals surface area contributed by atoms with Crippen LogP contribution in [-0.4, -0.2) is 45.6 Å². The smallest absolute Gasteiger partial charge is 0.128 e. The van der Waals surface area contributed by atoms with E-state index >= 15 is 0 Å². The molecule has 4 heteroatoms. The molecule has 1 aromatic rings. The molecule has 3 rings (SSSR count). The second kappa shape index (κ2) is 8.53. The third-order valence-corrected chi connectivity index (χ3v) is 8.30. The average molecular weight is 377 g/mol. The first-order chi connectivity index (χ1) is 12.4. The lowest BCUT2D eigenvalue weighted by Crippen LogP contribution is -2.48. The summed E-state index contributed by atoms with van der Waals surface area (Å²) in [6.45, 7) is 15.5. The third-order valence-electron chi connectivity index (χ3n) is 6.47. The predicted molar refractivity (Wildman–Crippen MR) is 111 cm³/mol. The van der Waals surface area contributed by atoms with Crippen LogP contribution in [0.5, 0.6) is 0 Å². The fraction of sp³-hybridized carbons (Fsp3) is 0.727. The summed E-state index contributed by atoms with van der Waals surface area (Å²) in [6, 6.07) is 5.01. The molecular weight excluding hydrogens is 340 g/mol. The number of piperidine rings is 2. The molecule has 0 amide bonds. The molecule has 2 aliphatic heterocycles. The van der Waals surface area contributed by atoms with Gasteiger partial charge in [-0.3, -0.25) is 0 Å². The number of hydrogen-bond acceptors (Lipinski definition) is 2. The van der Waals surface area contributed by atoms with Gasteiger partial charge in [0.2, 0.25) is 0 Å². The molecule has 0 saturated carbocycles. The van der Waals surface area contributed by atoms with Crippen molar-refractivity contribution >= 4 is 11.0 Å². The minimum atomic E-state index is -1.02. The molecule has 2 aliphatic rings. The topological polar surface area (TPSA) is 23.6 Å². The summed E-state index contributed by atoms with van der Waals surface area (Å²) in [5.41, 5.74) is 3.58. The molecule has 0 spiro atoms. The van der Waals surface area contributed by atoms with Crippen LogP contribution in [0.1, 0.15) is 56.2 Å². The largest absolute Gasteiger partial charge is 0.300 e. The SMILES string of the molecule is Cc1cc(C)c(S(=O)N2CCC(N3CCC(C(C)C)CC3)CC2)c(C)c1. The quantitative estimate of drug-likeness (QED) is 0.774. The first-order valence-corrected chi connectivity index (χ1v) is 11.5. The first-order valence-electron chi connectivity index (χ1n) is 10.4. The predicted octanol–water partition coefficient (Wildman–Crippen LogP) is 4.47. The van der Waals surface area contributed by atoms with E-state index in [1.165, 1.54) is 42.6 Å². The molecule has 2 heterocycles. The van der Waals surface area contributed by atoms with Gasteiger partial charge in [0, 0.05) is 19.1 Å². The average Bonchev–Trinajstić information content (AvgIpc) is 2.61. The maximum Gasteiger partial charge on any atom is 0.128 e. The van der Waals surface area contributed by atoms with Crippen molar-refractivity contribution in [3.8, 4) is 0 Å². The second-order valence-corrected chi connectivity index (χ2v) is 10.2. The summed E-state index contributed by atoms with van der Waals surface area (Å²) in [7, 11) is -1.02. The Labute approximate surface area is 162 Å². The number of benzene rings is 1. The van der Waals surface area contributed by atoms with Gasteiger partial charge in [0.15, 0.2) is 0 Å². The highest BCUT2D eigenvalue weighted by Crippen LogP contribution is 2.29. The Bertz CT molecular complexity index is 619. The Balaban J connectivity index is 1.57. The molecular formula is C22H36N2OS. The minimum absolute atomic E-state index is 0.691. The normalized spacial score (nSPS) is 22.8. The number of nitrogens with zero attached hydrogens (tertiary/aromatic N) is 2. The fourth-order valence-electron chi connectivity index (χ4n) is 4.90. The van der Waals surface area contributed by atoms with E-state index in [0.29, 0.717) is 6.04 Å². The van der Waals surface area contributed by atoms with Gasteiger partial charge in [-0.15, -0.1) is 0 Å². The van der Waals surface area contributed by atoms with Crippen LogP contribution in [-0.2, 0) is 11.0 Å². The number of aryl methyl sites for hydroxylation is 3. The van der Waals surface area contributed by atoms with Crippen molar-refractivity contribution in [1.29, 1.82) is 0 Å². The van der Waals surface area contributed by atoms with Crippen LogP contribution in [0.15, 0.2) is 17.0 Å². The first kappa shape index (κ1) is 20.0. The summed E-state index contributed by atoms with van der Waals surface area (Å²) in [5, 5.41) is 0. The molecule has 1 unspecified atom stereocenters. The van der Waals surface area contributed by atoms with Gasteiger partial charge in [0.05, 0.1) is 4.90 Å². The summed E-state index contributed by atoms with van der Waals surface area (Å²) in [5.74, 6) is 1.73. The van der Waals surface area contributed by atoms with E-state index in [-0.39, 0.29) is 0 Å². The monoisotopic (exact) mass is 376 g/mol. The van der Waals surface area contributed by atoms with E-state index in [2.05, 4.69) is 56.0 Å². The van der Waals surface area contributed by atoms with Gasteiger partial charge in [-0.1, -0.05) is 31.5 Å². The van der Waals surface area contributed by atoms with Crippen molar-refractivity contribution in [2.24, 2.45) is 11.8 Å². The van der Waals surface area contributed by atoms with Crippen molar-refractivity contribution in [2.75, 3.05) is 26.2 Å². The van der Waals surface area contributed by atoms with Crippen LogP contribution < -0.4 is 0 Å². The lowest BCUT2D eigenvalue weighted by molar-refractivity contribution is 0.0863. The molecule has 1 aromatic carbocycles. The molecule has 0 aromatic heterocycles. The maximum absolute atomic E-state index is 13.2. The Hall–Kier alpha value is -0.710. The standard InChI is InChI=1S/C22H36N2OS/c1-16(2)20-6-10-23(11-7-20)21-8-12-24(13-9-21)26(25)22-18(4)14-17(3)15-19(22)5/h14-16,20-21H,6-13H2,1-5H3. The Morgan fingerprint density at radius 1 is 0.923 bits per heavy atom. The van der Waals surface area contributed by atoms with Crippen LogP contribution >= 0.6 is 0 Å². The molecule has 26 heavy (non-hydrogen) atoms. The van der Waals surface area contributed by atoms with Crippen LogP contribution in [0, 0.1) is 32.6 Å². The van der Waals surface area contributed by atoms with E-state index < -0.39 is 11.0 Å². The molecule has 0 radical (unpaired) electrons. The van der Waals surface area contributed by atoms with Crippen LogP contribution in [0.25, 0.3) is 0 Å². The van der Waals surface area contributed by atoms with E-state index in [1.54, 1.807) is 0 Å². The van der Waals surface area contributed by atoms with Gasteiger partial charge in [0.25, 0.3) is 0 Å². The van der Waals surface area contributed by atoms with E-state index in [4.69, 9.17) is 0 Å². The fourth-order valence-corrected chi connectivity index (χ4v) is 6.37. The molecule has 0 bridgehead atoms. The molecule has 2 saturated heterocycles. The Kier molecular flexibility index (Phi) is 6.58. The highest BCUT2D eigenvalue weighted by Gasteiger charge is 2.31. The lowest BCUT2D eigenvalue weighted by Gasteiger charge is -2.42. The third kappa shape index (κ3) is 4.40. The molecule has 0 aliphatic carbocycles. The molecule has 146 valence electrons. The van der Waals surface area contributed by atoms with E-state index in [0.717, 1.165) is 42.7 Å². The Morgan fingerprint density at radius 2 is 1.46 bits per heavy atom. The molecule has 3 nitrogen and oxygen atoms in total. The minimum Gasteiger partial charge on any atom is -0.300 e. The number of likely N-dealkylation sites (tertiary alicyclic amines) is 1. The van der Waals surface area contributed by atoms with Crippen LogP contribution in [0.2, 0.25) is 0 Å². The number of hydrogen-bond donors (Lipinski definition) is 0. The Morgan fingerprint density at radius 3 is 1.96 bits per heavy atom. The van der Waals surface area contributed by atoms with Gasteiger partial charge < -0.3 is 4.90 Å². The summed E-state index contributed by atoms with van der Waals surface area (Å²) >= 11 is 0. The van der Waals surface area contributed by atoms with Gasteiger partial charge in [-0.2, -0.15) is 0 Å². The van der Waals surface area contributed by atoms with Crippen LogP contribution in [0.3, 0.4) is 0 Å². The zero-order valence-electron chi connectivity index (χ0n) is 17.3. The zero-order chi connectivity index (χ0) is 18.8. The summed E-state index contributed by atoms with van der Waals surface area (Å²) < 4.78 is 15.4. The lowest BCUT2D eigenvalue weighted by atomic mass is 9.85. The molecule has 0 N–H and O–H groups in total. The summed E-state index contributed by atoms with van der Waals surface area (Å²) in [4.78, 5) is 3.74. The van der Waals surface area contributed by atoms with Crippen molar-refractivity contribution in [3.63, 3.8) is 0 Å². The zero-order valence-corrected chi connectivity index (χ0v) is 18.1. The molecule has 2 fully saturated rings. The van der Waals surface area contributed by atoms with Crippen molar-refractivity contribution < 1.29 is 4.21 Å². The van der Waals surface area contributed by atoms with Crippen molar-refractivity contribution in [1.82, 2.24) is 9.21 Å². The number of rotatable bonds is 4. The highest BCUT2D eigenvalue weighted by atomic mass is 32.2. The van der Waals surface area contributed by atoms with Gasteiger partial charge >= 0.3 is 0 Å². The second-order valence-electron chi connectivity index (χ2n) is 8.75. The van der Waals surface area contributed by atoms with E-state index in [1.807, 2.05) is 0 Å². The van der Waals surface area contributed by atoms with Crippen molar-refractivity contribution in [3.05, 3.63) is 28.8 Å². The maximum atomic E-state index is 13.2. The highest BCUT2D eigenvalue weighted by molar-refractivity contribution is 7.82. The van der Waals surface area contributed by atoms with E-state index in [9.17, 15) is 4.21 Å². The van der Waals surface area contributed by atoms with Crippen LogP contribution in [0.4, 0.5) is 0 Å². The van der Waals surface area contributed by atoms with Gasteiger partial charge in [-0.25, -0.2) is 8.51 Å². The molecule has 1 atom stereocenters. The summed E-state index contributed by atoms with van der Waals surface area (Å²) in [6.07, 6.45) is 5.02. The van der Waals surface area contributed by atoms with Gasteiger partial charge in [0.1, 0.15) is 11.0 Å². The van der Waals surface area contributed by atoms with Gasteiger partial charge in [-0.05, 0) is 82.5 Å².